The number of nitrogens with zero attached hydrogens (tertiary/aromatic N) is 1. The monoisotopic (exact) mass is 258 g/mol. The van der Waals surface area contributed by atoms with Crippen LogP contribution in [0.1, 0.15) is 20.3 Å². The molecule has 1 aliphatic heterocycles. The van der Waals surface area contributed by atoms with Crippen molar-refractivity contribution < 1.29 is 14.3 Å². The van der Waals surface area contributed by atoms with Crippen LogP contribution in [-0.2, 0) is 14.3 Å². The zero-order chi connectivity index (χ0) is 13.2. The van der Waals surface area contributed by atoms with Crippen LogP contribution in [0.5, 0.6) is 0 Å². The maximum absolute atomic E-state index is 11.8. The van der Waals surface area contributed by atoms with E-state index < -0.39 is 0 Å². The smallest absolute Gasteiger partial charge is 0.248 e. The van der Waals surface area contributed by atoms with Crippen molar-refractivity contribution in [1.29, 1.82) is 0 Å². The average molecular weight is 258 g/mol. The molecule has 0 radical (unpaired) electrons. The summed E-state index contributed by atoms with van der Waals surface area (Å²) in [7, 11) is 0. The van der Waals surface area contributed by atoms with E-state index in [1.165, 1.54) is 0 Å². The number of ether oxygens (including phenoxy) is 2. The molecule has 106 valence electrons. The molecule has 0 aromatic rings. The second-order valence-corrected chi connectivity index (χ2v) is 5.01. The Morgan fingerprint density at radius 2 is 2.00 bits per heavy atom. The van der Waals surface area contributed by atoms with Crippen molar-refractivity contribution in [3.05, 3.63) is 0 Å². The fourth-order valence-corrected chi connectivity index (χ4v) is 1.78. The lowest BCUT2D eigenvalue weighted by Crippen LogP contribution is -2.36. The number of carbonyl (C=O) groups excluding carboxylic acids is 1. The maximum atomic E-state index is 11.8. The fraction of sp³-hybridized carbons (Fsp3) is 0.923. The summed E-state index contributed by atoms with van der Waals surface area (Å²) in [6.07, 6.45) is 1.02. The van der Waals surface area contributed by atoms with Gasteiger partial charge in [0.25, 0.3) is 0 Å². The predicted octanol–water partition coefficient (Wildman–Crippen LogP) is 0.498. The Hall–Kier alpha value is -0.650. The molecule has 1 amide bonds. The van der Waals surface area contributed by atoms with Gasteiger partial charge in [-0.25, -0.2) is 0 Å². The van der Waals surface area contributed by atoms with Crippen LogP contribution in [0, 0.1) is 5.92 Å². The first-order valence-electron chi connectivity index (χ1n) is 6.84. The molecule has 0 bridgehead atoms. The Bertz CT molecular complexity index is 226. The van der Waals surface area contributed by atoms with Crippen LogP contribution < -0.4 is 5.32 Å². The first-order chi connectivity index (χ1) is 8.70. The number of rotatable bonds is 7. The molecule has 0 unspecified atom stereocenters. The van der Waals surface area contributed by atoms with Gasteiger partial charge in [0.1, 0.15) is 6.61 Å². The third-order valence-electron chi connectivity index (χ3n) is 2.74. The molecular weight excluding hydrogens is 232 g/mol. The molecule has 0 aromatic carbocycles. The number of nitrogens with one attached hydrogen (secondary N) is 1. The Morgan fingerprint density at radius 1 is 1.22 bits per heavy atom. The van der Waals surface area contributed by atoms with Crippen molar-refractivity contribution in [2.45, 2.75) is 20.3 Å². The van der Waals surface area contributed by atoms with Gasteiger partial charge in [0.15, 0.2) is 0 Å². The molecule has 1 N–H and O–H groups in total. The Labute approximate surface area is 110 Å². The van der Waals surface area contributed by atoms with Crippen LogP contribution >= 0.6 is 0 Å². The first-order valence-corrected chi connectivity index (χ1v) is 6.84. The van der Waals surface area contributed by atoms with E-state index in [1.807, 2.05) is 4.90 Å². The molecule has 18 heavy (non-hydrogen) atoms. The summed E-state index contributed by atoms with van der Waals surface area (Å²) in [5, 5.41) is 3.27. The molecule has 0 aromatic heterocycles. The fourth-order valence-electron chi connectivity index (χ4n) is 1.78. The minimum atomic E-state index is 0.0857. The molecule has 0 saturated carbocycles. The van der Waals surface area contributed by atoms with Crippen molar-refractivity contribution in [2.75, 3.05) is 52.6 Å². The molecule has 1 heterocycles. The Kier molecular flexibility index (Phi) is 7.96. The molecule has 0 spiro atoms. The van der Waals surface area contributed by atoms with Gasteiger partial charge in [0.2, 0.25) is 5.91 Å². The lowest BCUT2D eigenvalue weighted by atomic mass is 10.2. The van der Waals surface area contributed by atoms with E-state index in [-0.39, 0.29) is 12.5 Å². The normalized spacial score (nSPS) is 16.9. The van der Waals surface area contributed by atoms with E-state index in [9.17, 15) is 4.79 Å². The highest BCUT2D eigenvalue weighted by molar-refractivity contribution is 5.77. The SMILES string of the molecule is CC(C)COCCOCC(=O)N1CCCNCC1. The maximum Gasteiger partial charge on any atom is 0.248 e. The highest BCUT2D eigenvalue weighted by atomic mass is 16.5. The van der Waals surface area contributed by atoms with Crippen LogP contribution in [0.25, 0.3) is 0 Å². The molecule has 0 atom stereocenters. The highest BCUT2D eigenvalue weighted by Gasteiger charge is 2.14. The molecule has 1 fully saturated rings. The van der Waals surface area contributed by atoms with E-state index in [1.54, 1.807) is 0 Å². The summed E-state index contributed by atoms with van der Waals surface area (Å²) >= 11 is 0. The van der Waals surface area contributed by atoms with Gasteiger partial charge in [-0.3, -0.25) is 4.79 Å². The number of hydrogen-bond acceptors (Lipinski definition) is 4. The van der Waals surface area contributed by atoms with Crippen LogP contribution in [0.15, 0.2) is 0 Å². The summed E-state index contributed by atoms with van der Waals surface area (Å²) in [4.78, 5) is 13.7. The van der Waals surface area contributed by atoms with Gasteiger partial charge in [-0.15, -0.1) is 0 Å². The van der Waals surface area contributed by atoms with Crippen LogP contribution in [0.3, 0.4) is 0 Å². The largest absolute Gasteiger partial charge is 0.379 e. The topological polar surface area (TPSA) is 50.8 Å². The minimum absolute atomic E-state index is 0.0857. The van der Waals surface area contributed by atoms with Crippen molar-refractivity contribution in [1.82, 2.24) is 10.2 Å². The zero-order valence-electron chi connectivity index (χ0n) is 11.6. The summed E-state index contributed by atoms with van der Waals surface area (Å²) in [5.41, 5.74) is 0. The van der Waals surface area contributed by atoms with E-state index >= 15 is 0 Å². The van der Waals surface area contributed by atoms with Crippen molar-refractivity contribution in [2.24, 2.45) is 5.92 Å². The van der Waals surface area contributed by atoms with Gasteiger partial charge in [-0.2, -0.15) is 0 Å². The number of carbonyl (C=O) groups is 1. The van der Waals surface area contributed by atoms with E-state index in [2.05, 4.69) is 19.2 Å². The molecule has 1 aliphatic rings. The van der Waals surface area contributed by atoms with Gasteiger partial charge in [-0.05, 0) is 18.9 Å². The van der Waals surface area contributed by atoms with Gasteiger partial charge >= 0.3 is 0 Å². The van der Waals surface area contributed by atoms with Crippen LogP contribution in [-0.4, -0.2) is 63.4 Å². The Balaban J connectivity index is 2.02. The third kappa shape index (κ3) is 6.93. The molecule has 0 aliphatic carbocycles. The van der Waals surface area contributed by atoms with Crippen molar-refractivity contribution >= 4 is 5.91 Å². The lowest BCUT2D eigenvalue weighted by Gasteiger charge is -2.19. The second-order valence-electron chi connectivity index (χ2n) is 5.01. The van der Waals surface area contributed by atoms with Crippen molar-refractivity contribution in [3.8, 4) is 0 Å². The minimum Gasteiger partial charge on any atom is -0.379 e. The number of amides is 1. The quantitative estimate of drug-likeness (QED) is 0.676. The van der Waals surface area contributed by atoms with E-state index in [0.29, 0.717) is 19.1 Å². The van der Waals surface area contributed by atoms with Crippen LogP contribution in [0.2, 0.25) is 0 Å². The van der Waals surface area contributed by atoms with Crippen LogP contribution in [0.4, 0.5) is 0 Å². The van der Waals surface area contributed by atoms with E-state index in [0.717, 1.165) is 39.2 Å². The molecule has 1 rings (SSSR count). The third-order valence-corrected chi connectivity index (χ3v) is 2.74. The van der Waals surface area contributed by atoms with Gasteiger partial charge in [0.05, 0.1) is 13.2 Å². The van der Waals surface area contributed by atoms with Gasteiger partial charge in [-0.1, -0.05) is 13.8 Å². The van der Waals surface area contributed by atoms with Crippen molar-refractivity contribution in [3.63, 3.8) is 0 Å². The summed E-state index contributed by atoms with van der Waals surface area (Å²) in [6, 6.07) is 0. The molecule has 1 saturated heterocycles. The lowest BCUT2D eigenvalue weighted by molar-refractivity contribution is -0.136. The standard InChI is InChI=1S/C13H26N2O3/c1-12(2)10-17-8-9-18-11-13(16)15-6-3-4-14-5-7-15/h12,14H,3-11H2,1-2H3. The summed E-state index contributed by atoms with van der Waals surface area (Å²) in [6.45, 7) is 9.68. The average Bonchev–Trinajstić information content (AvgIpc) is 2.61. The molecule has 5 heteroatoms. The second kappa shape index (κ2) is 9.30. The number of hydrogen-bond donors (Lipinski definition) is 1. The van der Waals surface area contributed by atoms with E-state index in [4.69, 9.17) is 9.47 Å². The van der Waals surface area contributed by atoms with Gasteiger partial charge < -0.3 is 19.7 Å². The zero-order valence-corrected chi connectivity index (χ0v) is 11.6. The van der Waals surface area contributed by atoms with Gasteiger partial charge in [0, 0.05) is 26.2 Å². The summed E-state index contributed by atoms with van der Waals surface area (Å²) < 4.78 is 10.7. The first kappa shape index (κ1) is 15.4. The molecule has 5 nitrogen and oxygen atoms in total. The predicted molar refractivity (Wildman–Crippen MR) is 70.5 cm³/mol. The Morgan fingerprint density at radius 3 is 2.78 bits per heavy atom. The summed E-state index contributed by atoms with van der Waals surface area (Å²) in [5.74, 6) is 0.624. The molecular formula is C13H26N2O3. The highest BCUT2D eigenvalue weighted by Crippen LogP contribution is 1.97.